The van der Waals surface area contributed by atoms with Crippen molar-refractivity contribution < 1.29 is 14.5 Å². The molecule has 0 atom stereocenters. The van der Waals surface area contributed by atoms with Crippen molar-refractivity contribution in [3.8, 4) is 11.4 Å². The summed E-state index contributed by atoms with van der Waals surface area (Å²) in [5.74, 6) is 0.403. The van der Waals surface area contributed by atoms with Gasteiger partial charge < -0.3 is 10.1 Å². The molecule has 0 fully saturated rings. The number of carbonyl (C=O) groups is 1. The van der Waals surface area contributed by atoms with Gasteiger partial charge in [0.15, 0.2) is 5.82 Å². The standard InChI is InChI=1S/C17H15ClN6O4/c1-2-28-13-6-4-12(5-7-13)23-16(20-21-22-23)10-19-17(25)14-9-11(18)3-8-15(14)24(26)27/h3-9H,2,10H2,1H3,(H,19,25). The predicted octanol–water partition coefficient (Wildman–Crippen LogP) is 2.55. The number of tetrazole rings is 1. The number of carbonyl (C=O) groups excluding carboxylic acids is 1. The normalized spacial score (nSPS) is 10.5. The van der Waals surface area contributed by atoms with Gasteiger partial charge in [0, 0.05) is 11.1 Å². The largest absolute Gasteiger partial charge is 0.494 e. The maximum Gasteiger partial charge on any atom is 0.282 e. The van der Waals surface area contributed by atoms with Gasteiger partial charge in [-0.15, -0.1) is 5.10 Å². The molecular formula is C17H15ClN6O4. The van der Waals surface area contributed by atoms with Gasteiger partial charge in [-0.2, -0.15) is 4.68 Å². The number of amides is 1. The number of benzene rings is 2. The molecule has 0 saturated carbocycles. The van der Waals surface area contributed by atoms with Gasteiger partial charge in [0.2, 0.25) is 0 Å². The van der Waals surface area contributed by atoms with E-state index in [2.05, 4.69) is 20.8 Å². The Morgan fingerprint density at radius 3 is 2.71 bits per heavy atom. The Bertz CT molecular complexity index is 1010. The third-order valence-corrected chi connectivity index (χ3v) is 3.97. The molecule has 0 aliphatic carbocycles. The Morgan fingerprint density at radius 2 is 2.04 bits per heavy atom. The van der Waals surface area contributed by atoms with E-state index in [0.717, 1.165) is 0 Å². The highest BCUT2D eigenvalue weighted by atomic mass is 35.5. The second-order valence-corrected chi connectivity index (χ2v) is 5.97. The average Bonchev–Trinajstić information content (AvgIpc) is 3.15. The molecule has 2 aromatic carbocycles. The van der Waals surface area contributed by atoms with Crippen molar-refractivity contribution in [3.05, 3.63) is 69.0 Å². The zero-order valence-electron chi connectivity index (χ0n) is 14.7. The molecule has 28 heavy (non-hydrogen) atoms. The zero-order valence-corrected chi connectivity index (χ0v) is 15.5. The number of aromatic nitrogens is 4. The van der Waals surface area contributed by atoms with Gasteiger partial charge in [-0.1, -0.05) is 11.6 Å². The number of ether oxygens (including phenoxy) is 1. The molecule has 0 spiro atoms. The van der Waals surface area contributed by atoms with Crippen LogP contribution in [0.3, 0.4) is 0 Å². The van der Waals surface area contributed by atoms with Crippen molar-refractivity contribution in [1.29, 1.82) is 0 Å². The van der Waals surface area contributed by atoms with Gasteiger partial charge in [0.05, 0.1) is 23.8 Å². The summed E-state index contributed by atoms with van der Waals surface area (Å²) in [6.45, 7) is 2.40. The van der Waals surface area contributed by atoms with Gasteiger partial charge in [-0.25, -0.2) is 0 Å². The summed E-state index contributed by atoms with van der Waals surface area (Å²) in [5.41, 5.74) is 0.192. The summed E-state index contributed by atoms with van der Waals surface area (Å²) in [6.07, 6.45) is 0. The SMILES string of the molecule is CCOc1ccc(-n2nnnc2CNC(=O)c2cc(Cl)ccc2[N+](=O)[O-])cc1. The zero-order chi connectivity index (χ0) is 20.1. The third kappa shape index (κ3) is 4.23. The second kappa shape index (κ2) is 8.44. The Hall–Kier alpha value is -3.53. The van der Waals surface area contributed by atoms with E-state index >= 15 is 0 Å². The van der Waals surface area contributed by atoms with E-state index in [1.54, 1.807) is 24.3 Å². The van der Waals surface area contributed by atoms with Crippen molar-refractivity contribution in [3.63, 3.8) is 0 Å². The Kier molecular flexibility index (Phi) is 5.80. The number of nitro groups is 1. The minimum Gasteiger partial charge on any atom is -0.494 e. The fraction of sp³-hybridized carbons (Fsp3) is 0.176. The number of rotatable bonds is 7. The third-order valence-electron chi connectivity index (χ3n) is 3.73. The first-order chi connectivity index (χ1) is 13.5. The average molecular weight is 403 g/mol. The maximum absolute atomic E-state index is 12.4. The van der Waals surface area contributed by atoms with E-state index in [4.69, 9.17) is 16.3 Å². The molecular weight excluding hydrogens is 388 g/mol. The summed E-state index contributed by atoms with van der Waals surface area (Å²) in [6, 6.07) is 10.9. The quantitative estimate of drug-likeness (QED) is 0.475. The monoisotopic (exact) mass is 402 g/mol. The van der Waals surface area contributed by atoms with Gasteiger partial charge >= 0.3 is 0 Å². The molecule has 1 heterocycles. The van der Waals surface area contributed by atoms with Crippen LogP contribution in [0.4, 0.5) is 5.69 Å². The first kappa shape index (κ1) is 19.2. The minimum absolute atomic E-state index is 0.0390. The number of nitrogens with zero attached hydrogens (tertiary/aromatic N) is 5. The molecule has 1 amide bonds. The number of nitrogens with one attached hydrogen (secondary N) is 1. The summed E-state index contributed by atoms with van der Waals surface area (Å²) >= 11 is 5.86. The van der Waals surface area contributed by atoms with E-state index in [-0.39, 0.29) is 22.8 Å². The lowest BCUT2D eigenvalue weighted by atomic mass is 10.1. The molecule has 0 saturated heterocycles. The highest BCUT2D eigenvalue weighted by molar-refractivity contribution is 6.31. The van der Waals surface area contributed by atoms with Crippen LogP contribution in [0.1, 0.15) is 23.1 Å². The Labute approximate surface area is 164 Å². The highest BCUT2D eigenvalue weighted by Gasteiger charge is 2.21. The number of hydrogen-bond acceptors (Lipinski definition) is 7. The molecule has 10 nitrogen and oxygen atoms in total. The van der Waals surface area contributed by atoms with E-state index in [0.29, 0.717) is 23.9 Å². The van der Waals surface area contributed by atoms with Crippen molar-refractivity contribution in [1.82, 2.24) is 25.5 Å². The van der Waals surface area contributed by atoms with Gasteiger partial charge in [-0.3, -0.25) is 14.9 Å². The fourth-order valence-corrected chi connectivity index (χ4v) is 2.64. The molecule has 1 N–H and O–H groups in total. The lowest BCUT2D eigenvalue weighted by molar-refractivity contribution is -0.385. The molecule has 0 radical (unpaired) electrons. The van der Waals surface area contributed by atoms with Gasteiger partial charge in [0.25, 0.3) is 11.6 Å². The molecule has 3 rings (SSSR count). The lowest BCUT2D eigenvalue weighted by Gasteiger charge is -2.08. The smallest absolute Gasteiger partial charge is 0.282 e. The van der Waals surface area contributed by atoms with Crippen LogP contribution in [0.15, 0.2) is 42.5 Å². The molecule has 1 aromatic heterocycles. The summed E-state index contributed by atoms with van der Waals surface area (Å²) in [5, 5.41) is 25.3. The lowest BCUT2D eigenvalue weighted by Crippen LogP contribution is -2.25. The van der Waals surface area contributed by atoms with Crippen LogP contribution in [0, 0.1) is 10.1 Å². The topological polar surface area (TPSA) is 125 Å². The highest BCUT2D eigenvalue weighted by Crippen LogP contribution is 2.22. The van der Waals surface area contributed by atoms with E-state index in [9.17, 15) is 14.9 Å². The number of nitro benzene ring substituents is 1. The number of halogens is 1. The van der Waals surface area contributed by atoms with Crippen LogP contribution >= 0.6 is 11.6 Å². The first-order valence-electron chi connectivity index (χ1n) is 8.22. The minimum atomic E-state index is -0.657. The number of hydrogen-bond donors (Lipinski definition) is 1. The molecule has 0 aliphatic rings. The Morgan fingerprint density at radius 1 is 1.29 bits per heavy atom. The molecule has 3 aromatic rings. The van der Waals surface area contributed by atoms with Crippen molar-refractivity contribution in [2.24, 2.45) is 0 Å². The van der Waals surface area contributed by atoms with E-state index in [1.165, 1.54) is 22.9 Å². The van der Waals surface area contributed by atoms with Crippen LogP contribution in [0.2, 0.25) is 5.02 Å². The summed E-state index contributed by atoms with van der Waals surface area (Å²) in [7, 11) is 0. The summed E-state index contributed by atoms with van der Waals surface area (Å²) in [4.78, 5) is 22.9. The van der Waals surface area contributed by atoms with Crippen molar-refractivity contribution >= 4 is 23.2 Å². The van der Waals surface area contributed by atoms with E-state index in [1.807, 2.05) is 6.92 Å². The predicted molar refractivity (Wildman–Crippen MR) is 99.6 cm³/mol. The Balaban J connectivity index is 1.76. The van der Waals surface area contributed by atoms with Crippen molar-refractivity contribution in [2.75, 3.05) is 6.61 Å². The van der Waals surface area contributed by atoms with Crippen LogP contribution in [-0.4, -0.2) is 37.6 Å². The maximum atomic E-state index is 12.4. The van der Waals surface area contributed by atoms with E-state index < -0.39 is 10.8 Å². The molecule has 144 valence electrons. The second-order valence-electron chi connectivity index (χ2n) is 5.54. The first-order valence-corrected chi connectivity index (χ1v) is 8.60. The van der Waals surface area contributed by atoms with Crippen LogP contribution in [0.5, 0.6) is 5.75 Å². The fourth-order valence-electron chi connectivity index (χ4n) is 2.47. The molecule has 0 aliphatic heterocycles. The molecule has 0 unspecified atom stereocenters. The van der Waals surface area contributed by atoms with Crippen LogP contribution < -0.4 is 10.1 Å². The summed E-state index contributed by atoms with van der Waals surface area (Å²) < 4.78 is 6.84. The molecule has 11 heteroatoms. The molecule has 0 bridgehead atoms. The van der Waals surface area contributed by atoms with Crippen molar-refractivity contribution in [2.45, 2.75) is 13.5 Å². The van der Waals surface area contributed by atoms with Gasteiger partial charge in [0.1, 0.15) is 11.3 Å². The van der Waals surface area contributed by atoms with Crippen LogP contribution in [0.25, 0.3) is 5.69 Å². The van der Waals surface area contributed by atoms with Gasteiger partial charge in [-0.05, 0) is 53.7 Å². The van der Waals surface area contributed by atoms with Crippen LogP contribution in [-0.2, 0) is 6.54 Å².